The van der Waals surface area contributed by atoms with Crippen LogP contribution in [0, 0.1) is 13.8 Å². The Labute approximate surface area is 162 Å². The summed E-state index contributed by atoms with van der Waals surface area (Å²) in [6.07, 6.45) is 1.73. The minimum absolute atomic E-state index is 0.0854. The van der Waals surface area contributed by atoms with Crippen LogP contribution in [0.25, 0.3) is 33.4 Å². The zero-order valence-corrected chi connectivity index (χ0v) is 16.3. The highest BCUT2D eigenvalue weighted by Gasteiger charge is 2.13. The maximum atomic E-state index is 13.0. The van der Waals surface area contributed by atoms with E-state index < -0.39 is 0 Å². The van der Waals surface area contributed by atoms with Crippen molar-refractivity contribution in [1.29, 1.82) is 0 Å². The molecular weight excluding hydrogens is 350 g/mol. The van der Waals surface area contributed by atoms with Crippen molar-refractivity contribution in [2.75, 3.05) is 12.4 Å². The number of hydrogen-bond donors (Lipinski definition) is 1. The van der Waals surface area contributed by atoms with Crippen molar-refractivity contribution in [3.05, 3.63) is 70.3 Å². The van der Waals surface area contributed by atoms with Crippen molar-refractivity contribution < 1.29 is 0 Å². The van der Waals surface area contributed by atoms with Crippen LogP contribution in [0.5, 0.6) is 0 Å². The molecule has 0 amide bonds. The van der Waals surface area contributed by atoms with Gasteiger partial charge in [-0.15, -0.1) is 0 Å². The second-order valence-electron chi connectivity index (χ2n) is 6.84. The first-order valence-electron chi connectivity index (χ1n) is 9.07. The fourth-order valence-corrected chi connectivity index (χ4v) is 3.39. The topological polar surface area (TPSA) is 72.7 Å². The fraction of sp³-hybridized carbons (Fsp3) is 0.182. The number of nitrogens with one attached hydrogen (secondary N) is 1. The summed E-state index contributed by atoms with van der Waals surface area (Å²) in [5.74, 6) is 0.487. The summed E-state index contributed by atoms with van der Waals surface area (Å²) < 4.78 is 1.57. The third-order valence-electron chi connectivity index (χ3n) is 4.87. The van der Waals surface area contributed by atoms with E-state index in [-0.39, 0.29) is 5.56 Å². The number of pyridine rings is 2. The van der Waals surface area contributed by atoms with E-state index in [1.807, 2.05) is 50.2 Å². The summed E-state index contributed by atoms with van der Waals surface area (Å²) in [6, 6.07) is 13.9. The quantitative estimate of drug-likeness (QED) is 0.594. The largest absolute Gasteiger partial charge is 0.357 e. The molecule has 0 spiro atoms. The van der Waals surface area contributed by atoms with Gasteiger partial charge in [-0.3, -0.25) is 14.3 Å². The Bertz CT molecular complexity index is 1260. The van der Waals surface area contributed by atoms with Gasteiger partial charge in [-0.25, -0.2) is 4.98 Å². The molecule has 0 aliphatic heterocycles. The van der Waals surface area contributed by atoms with Gasteiger partial charge in [-0.1, -0.05) is 18.2 Å². The molecule has 1 N–H and O–H groups in total. The monoisotopic (exact) mass is 371 g/mol. The molecule has 0 aliphatic rings. The van der Waals surface area contributed by atoms with Crippen LogP contribution in [0.2, 0.25) is 0 Å². The zero-order chi connectivity index (χ0) is 19.8. The van der Waals surface area contributed by atoms with Crippen molar-refractivity contribution in [1.82, 2.24) is 19.5 Å². The Kier molecular flexibility index (Phi) is 4.39. The molecule has 0 radical (unpaired) electrons. The summed E-state index contributed by atoms with van der Waals surface area (Å²) in [4.78, 5) is 26.3. The zero-order valence-electron chi connectivity index (χ0n) is 16.3. The van der Waals surface area contributed by atoms with E-state index in [0.717, 1.165) is 33.5 Å². The number of aromatic nitrogens is 4. The van der Waals surface area contributed by atoms with Crippen LogP contribution in [-0.2, 0) is 7.05 Å². The molecular formula is C22H21N5O. The molecule has 140 valence electrons. The smallest absolute Gasteiger partial charge is 0.259 e. The van der Waals surface area contributed by atoms with Crippen LogP contribution >= 0.6 is 0 Å². The molecule has 0 aliphatic carbocycles. The van der Waals surface area contributed by atoms with E-state index in [9.17, 15) is 4.79 Å². The molecule has 4 aromatic rings. The predicted octanol–water partition coefficient (Wildman–Crippen LogP) is 3.72. The standard InChI is InChI=1S/C22H21N5O/c1-13-10-15(19-7-5-6-14(2)25-19)8-9-17(13)18-11-16-12-24-22(23-3)26-20(16)27(4)21(18)28/h5-12H,1-4H3,(H,23,24,26). The van der Waals surface area contributed by atoms with E-state index in [1.165, 1.54) is 0 Å². The summed E-state index contributed by atoms with van der Waals surface area (Å²) in [7, 11) is 3.49. The second-order valence-corrected chi connectivity index (χ2v) is 6.84. The van der Waals surface area contributed by atoms with Gasteiger partial charge in [-0.05, 0) is 49.2 Å². The Morgan fingerprint density at radius 1 is 1.00 bits per heavy atom. The van der Waals surface area contributed by atoms with Gasteiger partial charge in [-0.2, -0.15) is 4.98 Å². The van der Waals surface area contributed by atoms with Crippen LogP contribution in [0.1, 0.15) is 11.3 Å². The number of benzene rings is 1. The Balaban J connectivity index is 1.86. The lowest BCUT2D eigenvalue weighted by atomic mass is 9.97. The fourth-order valence-electron chi connectivity index (χ4n) is 3.39. The molecule has 6 heteroatoms. The lowest BCUT2D eigenvalue weighted by molar-refractivity contribution is 0.886. The molecule has 0 fully saturated rings. The SMILES string of the molecule is CNc1ncc2cc(-c3ccc(-c4cccc(C)n4)cc3C)c(=O)n(C)c2n1. The first-order valence-corrected chi connectivity index (χ1v) is 9.07. The van der Waals surface area contributed by atoms with Crippen molar-refractivity contribution in [3.8, 4) is 22.4 Å². The Morgan fingerprint density at radius 2 is 1.82 bits per heavy atom. The van der Waals surface area contributed by atoms with E-state index >= 15 is 0 Å². The predicted molar refractivity (Wildman–Crippen MR) is 112 cm³/mol. The highest BCUT2D eigenvalue weighted by atomic mass is 16.1. The number of nitrogens with zero attached hydrogens (tertiary/aromatic N) is 4. The van der Waals surface area contributed by atoms with Crippen molar-refractivity contribution in [2.45, 2.75) is 13.8 Å². The molecule has 3 aromatic heterocycles. The highest BCUT2D eigenvalue weighted by Crippen LogP contribution is 2.27. The summed E-state index contributed by atoms with van der Waals surface area (Å²) in [5, 5.41) is 3.72. The molecule has 0 saturated carbocycles. The third kappa shape index (κ3) is 3.03. The van der Waals surface area contributed by atoms with E-state index in [4.69, 9.17) is 0 Å². The van der Waals surface area contributed by atoms with Crippen LogP contribution < -0.4 is 10.9 Å². The van der Waals surface area contributed by atoms with Gasteiger partial charge in [0, 0.05) is 42.5 Å². The van der Waals surface area contributed by atoms with Gasteiger partial charge in [0.1, 0.15) is 5.65 Å². The van der Waals surface area contributed by atoms with Crippen molar-refractivity contribution in [3.63, 3.8) is 0 Å². The minimum atomic E-state index is -0.0854. The van der Waals surface area contributed by atoms with E-state index in [2.05, 4.69) is 26.3 Å². The summed E-state index contributed by atoms with van der Waals surface area (Å²) >= 11 is 0. The minimum Gasteiger partial charge on any atom is -0.357 e. The maximum absolute atomic E-state index is 13.0. The molecule has 0 unspecified atom stereocenters. The average Bonchev–Trinajstić information content (AvgIpc) is 2.70. The molecule has 0 bridgehead atoms. The number of aryl methyl sites for hydroxylation is 3. The normalized spacial score (nSPS) is 11.0. The van der Waals surface area contributed by atoms with E-state index in [1.54, 1.807) is 24.9 Å². The first kappa shape index (κ1) is 17.9. The summed E-state index contributed by atoms with van der Waals surface area (Å²) in [6.45, 7) is 3.99. The van der Waals surface area contributed by atoms with Gasteiger partial charge in [0.15, 0.2) is 0 Å². The van der Waals surface area contributed by atoms with Gasteiger partial charge >= 0.3 is 0 Å². The number of fused-ring (bicyclic) bond motifs is 1. The molecule has 3 heterocycles. The molecule has 0 atom stereocenters. The molecule has 4 rings (SSSR count). The average molecular weight is 371 g/mol. The van der Waals surface area contributed by atoms with Crippen LogP contribution in [0.4, 0.5) is 5.95 Å². The Hall–Kier alpha value is -3.54. The lowest BCUT2D eigenvalue weighted by Crippen LogP contribution is -2.20. The first-order chi connectivity index (χ1) is 13.5. The number of rotatable bonds is 3. The van der Waals surface area contributed by atoms with Crippen LogP contribution in [0.15, 0.2) is 53.5 Å². The molecule has 28 heavy (non-hydrogen) atoms. The van der Waals surface area contributed by atoms with Gasteiger partial charge in [0.25, 0.3) is 5.56 Å². The second kappa shape index (κ2) is 6.88. The van der Waals surface area contributed by atoms with Gasteiger partial charge in [0.05, 0.1) is 5.69 Å². The van der Waals surface area contributed by atoms with E-state index in [0.29, 0.717) is 17.2 Å². The molecule has 0 saturated heterocycles. The van der Waals surface area contributed by atoms with Crippen molar-refractivity contribution >= 4 is 17.0 Å². The van der Waals surface area contributed by atoms with Crippen molar-refractivity contribution in [2.24, 2.45) is 7.05 Å². The molecule has 1 aromatic carbocycles. The maximum Gasteiger partial charge on any atom is 0.259 e. The summed E-state index contributed by atoms with van der Waals surface area (Å²) in [5.41, 5.74) is 6.00. The Morgan fingerprint density at radius 3 is 2.54 bits per heavy atom. The van der Waals surface area contributed by atoms with Gasteiger partial charge < -0.3 is 5.32 Å². The third-order valence-corrected chi connectivity index (χ3v) is 4.87. The number of hydrogen-bond acceptors (Lipinski definition) is 5. The van der Waals surface area contributed by atoms with Crippen LogP contribution in [-0.4, -0.2) is 26.6 Å². The number of anilines is 1. The highest BCUT2D eigenvalue weighted by molar-refractivity contribution is 5.83. The van der Waals surface area contributed by atoms with Gasteiger partial charge in [0.2, 0.25) is 5.95 Å². The molecule has 6 nitrogen and oxygen atoms in total. The van der Waals surface area contributed by atoms with Crippen LogP contribution in [0.3, 0.4) is 0 Å². The lowest BCUT2D eigenvalue weighted by Gasteiger charge is -2.12.